The molecule has 2 aromatic carbocycles. The van der Waals surface area contributed by atoms with Crippen molar-refractivity contribution in [2.45, 2.75) is 32.4 Å². The first-order valence-electron chi connectivity index (χ1n) is 8.98. The number of benzene rings is 2. The van der Waals surface area contributed by atoms with Crippen LogP contribution in [-0.4, -0.2) is 37.6 Å². The molecule has 1 N–H and O–H groups in total. The van der Waals surface area contributed by atoms with Gasteiger partial charge in [-0.25, -0.2) is 0 Å². The fraction of sp³-hybridized carbons (Fsp3) is 0.333. The summed E-state index contributed by atoms with van der Waals surface area (Å²) in [6.07, 6.45) is 0.366. The van der Waals surface area contributed by atoms with Crippen LogP contribution in [0.15, 0.2) is 48.5 Å². The molecular formula is C21H24N2O4. The summed E-state index contributed by atoms with van der Waals surface area (Å²) in [5.74, 6) is 1.26. The van der Waals surface area contributed by atoms with Crippen molar-refractivity contribution in [2.24, 2.45) is 0 Å². The van der Waals surface area contributed by atoms with Gasteiger partial charge in [-0.3, -0.25) is 9.59 Å². The summed E-state index contributed by atoms with van der Waals surface area (Å²) < 4.78 is 10.7. The van der Waals surface area contributed by atoms with E-state index in [4.69, 9.17) is 9.47 Å². The molecule has 0 spiro atoms. The first-order chi connectivity index (χ1) is 13.0. The maximum atomic E-state index is 12.5. The lowest BCUT2D eigenvalue weighted by Gasteiger charge is -2.17. The standard InChI is InChI=1S/C21H24N2O4/c1-14(2)27-19-8-4-15(5-9-19)21(25)22-16-12-20(24)23(13-16)17-6-10-18(26-3)11-7-17/h4-11,14,16H,12-13H2,1-3H3,(H,22,25). The highest BCUT2D eigenvalue weighted by molar-refractivity contribution is 5.99. The molecule has 1 aliphatic rings. The Labute approximate surface area is 159 Å². The van der Waals surface area contributed by atoms with Gasteiger partial charge in [-0.2, -0.15) is 0 Å². The summed E-state index contributed by atoms with van der Waals surface area (Å²) in [5, 5.41) is 2.94. The number of ether oxygens (including phenoxy) is 2. The molecule has 2 amide bonds. The van der Waals surface area contributed by atoms with Gasteiger partial charge >= 0.3 is 0 Å². The molecule has 142 valence electrons. The van der Waals surface area contributed by atoms with Crippen LogP contribution in [0.25, 0.3) is 0 Å². The Morgan fingerprint density at radius 1 is 1.07 bits per heavy atom. The average molecular weight is 368 g/mol. The molecule has 1 unspecified atom stereocenters. The van der Waals surface area contributed by atoms with Gasteiger partial charge in [0.15, 0.2) is 0 Å². The first-order valence-corrected chi connectivity index (χ1v) is 8.98. The molecule has 0 aliphatic carbocycles. The van der Waals surface area contributed by atoms with Crippen molar-refractivity contribution in [1.29, 1.82) is 0 Å². The van der Waals surface area contributed by atoms with E-state index in [1.54, 1.807) is 36.3 Å². The second kappa shape index (κ2) is 8.12. The summed E-state index contributed by atoms with van der Waals surface area (Å²) in [6, 6.07) is 14.1. The highest BCUT2D eigenvalue weighted by Crippen LogP contribution is 2.24. The topological polar surface area (TPSA) is 67.9 Å². The molecule has 1 fully saturated rings. The Morgan fingerprint density at radius 3 is 2.30 bits per heavy atom. The van der Waals surface area contributed by atoms with Crippen LogP contribution in [0.1, 0.15) is 30.6 Å². The number of rotatable bonds is 6. The van der Waals surface area contributed by atoms with Gasteiger partial charge in [0.1, 0.15) is 11.5 Å². The number of hydrogen-bond acceptors (Lipinski definition) is 4. The second-order valence-corrected chi connectivity index (χ2v) is 6.77. The third-order valence-electron chi connectivity index (χ3n) is 4.33. The van der Waals surface area contributed by atoms with Crippen molar-refractivity contribution in [3.8, 4) is 11.5 Å². The summed E-state index contributed by atoms with van der Waals surface area (Å²) >= 11 is 0. The van der Waals surface area contributed by atoms with E-state index >= 15 is 0 Å². The Kier molecular flexibility index (Phi) is 5.64. The number of carbonyl (C=O) groups is 2. The molecule has 1 saturated heterocycles. The highest BCUT2D eigenvalue weighted by atomic mass is 16.5. The maximum absolute atomic E-state index is 12.5. The van der Waals surface area contributed by atoms with Crippen LogP contribution in [0, 0.1) is 0 Å². The van der Waals surface area contributed by atoms with Gasteiger partial charge in [0.05, 0.1) is 19.3 Å². The van der Waals surface area contributed by atoms with Crippen molar-refractivity contribution in [3.63, 3.8) is 0 Å². The highest BCUT2D eigenvalue weighted by Gasteiger charge is 2.31. The largest absolute Gasteiger partial charge is 0.497 e. The van der Waals surface area contributed by atoms with E-state index in [0.717, 1.165) is 17.2 Å². The predicted octanol–water partition coefficient (Wildman–Crippen LogP) is 3.02. The lowest BCUT2D eigenvalue weighted by molar-refractivity contribution is -0.117. The molecule has 1 atom stereocenters. The Morgan fingerprint density at radius 2 is 1.70 bits per heavy atom. The van der Waals surface area contributed by atoms with Gasteiger partial charge in [0.2, 0.25) is 5.91 Å². The van der Waals surface area contributed by atoms with E-state index in [1.807, 2.05) is 38.1 Å². The Bertz CT molecular complexity index is 800. The minimum Gasteiger partial charge on any atom is -0.497 e. The van der Waals surface area contributed by atoms with Crippen LogP contribution < -0.4 is 19.7 Å². The van der Waals surface area contributed by atoms with Crippen LogP contribution in [0.5, 0.6) is 11.5 Å². The van der Waals surface area contributed by atoms with Crippen LogP contribution in [0.3, 0.4) is 0 Å². The molecule has 2 aromatic rings. The van der Waals surface area contributed by atoms with E-state index in [1.165, 1.54) is 0 Å². The van der Waals surface area contributed by atoms with E-state index in [-0.39, 0.29) is 30.4 Å². The van der Waals surface area contributed by atoms with Gasteiger partial charge in [0.25, 0.3) is 5.91 Å². The fourth-order valence-electron chi connectivity index (χ4n) is 3.04. The molecule has 0 bridgehead atoms. The fourth-order valence-corrected chi connectivity index (χ4v) is 3.04. The van der Waals surface area contributed by atoms with Crippen molar-refractivity contribution in [1.82, 2.24) is 5.32 Å². The third kappa shape index (κ3) is 4.58. The number of nitrogens with one attached hydrogen (secondary N) is 1. The molecule has 27 heavy (non-hydrogen) atoms. The zero-order chi connectivity index (χ0) is 19.4. The van der Waals surface area contributed by atoms with Gasteiger partial charge in [-0.15, -0.1) is 0 Å². The summed E-state index contributed by atoms with van der Waals surface area (Å²) in [4.78, 5) is 26.5. The lowest BCUT2D eigenvalue weighted by Crippen LogP contribution is -2.37. The Hall–Kier alpha value is -3.02. The predicted molar refractivity (Wildman–Crippen MR) is 103 cm³/mol. The van der Waals surface area contributed by atoms with Gasteiger partial charge in [-0.05, 0) is 62.4 Å². The smallest absolute Gasteiger partial charge is 0.251 e. The minimum atomic E-state index is -0.223. The quantitative estimate of drug-likeness (QED) is 0.851. The molecule has 0 radical (unpaired) electrons. The van der Waals surface area contributed by atoms with Crippen LogP contribution in [-0.2, 0) is 4.79 Å². The molecule has 6 nitrogen and oxygen atoms in total. The maximum Gasteiger partial charge on any atom is 0.251 e. The summed E-state index contributed by atoms with van der Waals surface area (Å²) in [6.45, 7) is 4.35. The SMILES string of the molecule is COc1ccc(N2CC(NC(=O)c3ccc(OC(C)C)cc3)CC2=O)cc1. The molecule has 6 heteroatoms. The normalized spacial score (nSPS) is 16.5. The van der Waals surface area contributed by atoms with Crippen molar-refractivity contribution < 1.29 is 19.1 Å². The average Bonchev–Trinajstić information content (AvgIpc) is 3.02. The second-order valence-electron chi connectivity index (χ2n) is 6.77. The number of amides is 2. The summed E-state index contributed by atoms with van der Waals surface area (Å²) in [7, 11) is 1.60. The van der Waals surface area contributed by atoms with Crippen molar-refractivity contribution >= 4 is 17.5 Å². The third-order valence-corrected chi connectivity index (χ3v) is 4.33. The minimum absolute atomic E-state index is 0.00820. The van der Waals surface area contributed by atoms with E-state index in [2.05, 4.69) is 5.32 Å². The van der Waals surface area contributed by atoms with Gasteiger partial charge in [-0.1, -0.05) is 0 Å². The van der Waals surface area contributed by atoms with Crippen molar-refractivity contribution in [2.75, 3.05) is 18.6 Å². The van der Waals surface area contributed by atoms with Crippen LogP contribution >= 0.6 is 0 Å². The number of nitrogens with zero attached hydrogens (tertiary/aromatic N) is 1. The van der Waals surface area contributed by atoms with Gasteiger partial charge < -0.3 is 19.7 Å². The molecule has 1 heterocycles. The first kappa shape index (κ1) is 18.8. The van der Waals surface area contributed by atoms with Crippen LogP contribution in [0.2, 0.25) is 0 Å². The van der Waals surface area contributed by atoms with Gasteiger partial charge in [0, 0.05) is 24.2 Å². The van der Waals surface area contributed by atoms with E-state index in [9.17, 15) is 9.59 Å². The Balaban J connectivity index is 1.61. The van der Waals surface area contributed by atoms with Crippen LogP contribution in [0.4, 0.5) is 5.69 Å². The zero-order valence-corrected chi connectivity index (χ0v) is 15.8. The lowest BCUT2D eigenvalue weighted by atomic mass is 10.1. The number of hydrogen-bond donors (Lipinski definition) is 1. The van der Waals surface area contributed by atoms with E-state index < -0.39 is 0 Å². The monoisotopic (exact) mass is 368 g/mol. The number of carbonyl (C=O) groups excluding carboxylic acids is 2. The molecule has 3 rings (SSSR count). The molecule has 1 aliphatic heterocycles. The van der Waals surface area contributed by atoms with Crippen molar-refractivity contribution in [3.05, 3.63) is 54.1 Å². The molecule has 0 aromatic heterocycles. The number of methoxy groups -OCH3 is 1. The molecular weight excluding hydrogens is 344 g/mol. The zero-order valence-electron chi connectivity index (χ0n) is 15.8. The number of anilines is 1. The van der Waals surface area contributed by atoms with E-state index in [0.29, 0.717) is 12.1 Å². The summed E-state index contributed by atoms with van der Waals surface area (Å²) in [5.41, 5.74) is 1.34. The molecule has 0 saturated carbocycles.